The van der Waals surface area contributed by atoms with Gasteiger partial charge in [-0.05, 0) is 173 Å². The lowest BCUT2D eigenvalue weighted by atomic mass is 9.82. The second-order valence-electron chi connectivity index (χ2n) is 18.6. The Bertz CT molecular complexity index is 3880. The number of fused-ring (bicyclic) bond motifs is 3. The van der Waals surface area contributed by atoms with Gasteiger partial charge in [-0.25, -0.2) is 4.98 Å². The first-order valence-corrected chi connectivity index (χ1v) is 24.7. The summed E-state index contributed by atoms with van der Waals surface area (Å²) in [6.45, 7) is 0. The monoisotopic (exact) mass is 904 g/mol. The highest BCUT2D eigenvalue weighted by atomic mass is 15.1. The maximum Gasteiger partial charge on any atom is 0.145 e. The van der Waals surface area contributed by atoms with E-state index in [1.807, 2.05) is 0 Å². The Morgan fingerprint density at radius 3 is 1.23 bits per heavy atom. The van der Waals surface area contributed by atoms with E-state index >= 15 is 0 Å². The number of nitrogens with zero attached hydrogens (tertiary/aromatic N) is 2. The van der Waals surface area contributed by atoms with Gasteiger partial charge in [0.1, 0.15) is 5.82 Å². The number of imidazole rings is 1. The van der Waals surface area contributed by atoms with Crippen LogP contribution >= 0.6 is 0 Å². The number of hydrogen-bond donors (Lipinski definition) is 0. The summed E-state index contributed by atoms with van der Waals surface area (Å²) < 4.78 is 2.35. The highest BCUT2D eigenvalue weighted by Crippen LogP contribution is 2.48. The van der Waals surface area contributed by atoms with E-state index in [2.05, 4.69) is 272 Å². The molecule has 13 rings (SSSR count). The van der Waals surface area contributed by atoms with Crippen LogP contribution in [-0.4, -0.2) is 9.55 Å². The molecule has 2 nitrogen and oxygen atoms in total. The van der Waals surface area contributed by atoms with Crippen molar-refractivity contribution in [2.45, 2.75) is 12.8 Å². The normalized spacial score (nSPS) is 12.4. The van der Waals surface area contributed by atoms with Crippen molar-refractivity contribution in [2.24, 2.45) is 0 Å². The van der Waals surface area contributed by atoms with Crippen LogP contribution in [0.3, 0.4) is 0 Å². The Morgan fingerprint density at radius 2 is 0.718 bits per heavy atom. The van der Waals surface area contributed by atoms with Crippen molar-refractivity contribution in [2.75, 3.05) is 0 Å². The highest BCUT2D eigenvalue weighted by molar-refractivity contribution is 6.22. The van der Waals surface area contributed by atoms with Crippen LogP contribution in [0.25, 0.3) is 128 Å². The second kappa shape index (κ2) is 18.1. The molecule has 0 saturated heterocycles. The van der Waals surface area contributed by atoms with Crippen LogP contribution < -0.4 is 0 Å². The quantitative estimate of drug-likeness (QED) is 0.132. The molecule has 0 N–H and O–H groups in total. The third-order valence-electron chi connectivity index (χ3n) is 14.2. The molecule has 0 amide bonds. The van der Waals surface area contributed by atoms with Crippen LogP contribution in [0.15, 0.2) is 267 Å². The van der Waals surface area contributed by atoms with Gasteiger partial charge in [0, 0.05) is 11.3 Å². The Balaban J connectivity index is 1.06. The molecule has 2 heteroatoms. The van der Waals surface area contributed by atoms with Gasteiger partial charge in [-0.15, -0.1) is 0 Å². The van der Waals surface area contributed by atoms with Gasteiger partial charge in [0.25, 0.3) is 0 Å². The summed E-state index contributed by atoms with van der Waals surface area (Å²) in [5, 5.41) is 4.84. The molecule has 1 aromatic heterocycles. The van der Waals surface area contributed by atoms with Crippen LogP contribution in [0.1, 0.15) is 12.8 Å². The van der Waals surface area contributed by atoms with Gasteiger partial charge >= 0.3 is 0 Å². The van der Waals surface area contributed by atoms with Gasteiger partial charge in [0.15, 0.2) is 0 Å². The van der Waals surface area contributed by atoms with E-state index in [9.17, 15) is 0 Å². The average Bonchev–Trinajstić information content (AvgIpc) is 3.85. The van der Waals surface area contributed by atoms with Crippen LogP contribution in [0.5, 0.6) is 0 Å². The topological polar surface area (TPSA) is 17.8 Å². The molecule has 1 aliphatic rings. The minimum absolute atomic E-state index is 0.969. The summed E-state index contributed by atoms with van der Waals surface area (Å²) in [5.74, 6) is 0.969. The molecule has 0 aliphatic heterocycles. The second-order valence-corrected chi connectivity index (χ2v) is 18.6. The van der Waals surface area contributed by atoms with Gasteiger partial charge in [-0.3, -0.25) is 4.57 Å². The zero-order valence-corrected chi connectivity index (χ0v) is 39.2. The molecule has 1 heterocycles. The maximum atomic E-state index is 5.22. The van der Waals surface area contributed by atoms with Crippen LogP contribution in [0, 0.1) is 0 Å². The number of aromatic nitrogens is 2. The first-order valence-electron chi connectivity index (χ1n) is 24.7. The predicted molar refractivity (Wildman–Crippen MR) is 301 cm³/mol. The molecular formula is C69H48N2. The minimum atomic E-state index is 0.969. The van der Waals surface area contributed by atoms with E-state index in [-0.39, 0.29) is 0 Å². The first-order chi connectivity index (χ1) is 35.2. The van der Waals surface area contributed by atoms with Gasteiger partial charge in [-0.2, -0.15) is 0 Å². The molecule has 12 aromatic rings. The predicted octanol–water partition coefficient (Wildman–Crippen LogP) is 18.9. The standard InChI is InChI=1S/C69H48N2/c1-6-20-47(21-7-1)54-40-55(48-22-8-2-9-23-48)43-58(42-54)67-61-30-16-17-31-62(61)68(59-44-56(49-24-10-3-11-25-49)41-57(45-59)50-26-12-4-13-27-50)64-46-53(38-39-63(64)67)51-34-36-52(37-35-51)69-70-65-32-18-19-33-66(65)71(69)60-28-14-5-15-29-60/h1-14,16-28,30-46H,15,29H2. The van der Waals surface area contributed by atoms with Crippen molar-refractivity contribution in [3.63, 3.8) is 0 Å². The summed E-state index contributed by atoms with van der Waals surface area (Å²) in [4.78, 5) is 5.22. The Labute approximate surface area is 414 Å². The van der Waals surface area contributed by atoms with E-state index in [0.29, 0.717) is 0 Å². The van der Waals surface area contributed by atoms with E-state index in [1.54, 1.807) is 0 Å². The third-order valence-corrected chi connectivity index (χ3v) is 14.2. The summed E-state index contributed by atoms with van der Waals surface area (Å²) in [7, 11) is 0. The number of allylic oxidation sites excluding steroid dienone is 4. The number of hydrogen-bond acceptors (Lipinski definition) is 1. The van der Waals surface area contributed by atoms with Gasteiger partial charge in [0.2, 0.25) is 0 Å². The molecule has 0 radical (unpaired) electrons. The maximum absolute atomic E-state index is 5.22. The molecule has 0 saturated carbocycles. The van der Waals surface area contributed by atoms with E-state index in [0.717, 1.165) is 46.4 Å². The van der Waals surface area contributed by atoms with Gasteiger partial charge < -0.3 is 0 Å². The SMILES string of the molecule is C1=CCCC(n2c(-c3ccc(-c4ccc5c(-c6cc(-c7ccccc7)cc(-c7ccccc7)c6)c6ccccc6c(-c6cc(-c7ccccc7)cc(-c7ccccc7)c6)c5c4)cc3)nc3ccccc32)=C1. The largest absolute Gasteiger partial charge is 0.296 e. The lowest BCUT2D eigenvalue weighted by Gasteiger charge is -2.21. The molecule has 0 atom stereocenters. The van der Waals surface area contributed by atoms with Gasteiger partial charge in [-0.1, -0.05) is 206 Å². The number of benzene rings is 11. The van der Waals surface area contributed by atoms with Crippen molar-refractivity contribution in [1.82, 2.24) is 9.55 Å². The van der Waals surface area contributed by atoms with Crippen LogP contribution in [-0.2, 0) is 0 Å². The number of para-hydroxylation sites is 2. The molecule has 0 spiro atoms. The van der Waals surface area contributed by atoms with Crippen molar-refractivity contribution in [1.29, 1.82) is 0 Å². The molecule has 0 fully saturated rings. The highest BCUT2D eigenvalue weighted by Gasteiger charge is 2.21. The third kappa shape index (κ3) is 7.86. The van der Waals surface area contributed by atoms with Crippen molar-refractivity contribution in [3.8, 4) is 89.3 Å². The minimum Gasteiger partial charge on any atom is -0.296 e. The average molecular weight is 905 g/mol. The summed E-state index contributed by atoms with van der Waals surface area (Å²) in [5.41, 5.74) is 21.1. The van der Waals surface area contributed by atoms with Crippen LogP contribution in [0.2, 0.25) is 0 Å². The molecule has 0 unspecified atom stereocenters. The molecular weight excluding hydrogens is 857 g/mol. The Morgan fingerprint density at radius 1 is 0.310 bits per heavy atom. The first kappa shape index (κ1) is 42.0. The smallest absolute Gasteiger partial charge is 0.145 e. The Hall–Kier alpha value is -9.11. The van der Waals surface area contributed by atoms with Crippen molar-refractivity contribution in [3.05, 3.63) is 267 Å². The summed E-state index contributed by atoms with van der Waals surface area (Å²) in [6.07, 6.45) is 8.64. The molecule has 0 bridgehead atoms. The zero-order chi connectivity index (χ0) is 47.1. The Kier molecular flexibility index (Phi) is 10.7. The lowest BCUT2D eigenvalue weighted by Crippen LogP contribution is -2.01. The fourth-order valence-corrected chi connectivity index (χ4v) is 10.8. The number of rotatable bonds is 9. The molecule has 1 aliphatic carbocycles. The van der Waals surface area contributed by atoms with E-state index in [1.165, 1.54) is 94.0 Å². The fourth-order valence-electron chi connectivity index (χ4n) is 10.8. The summed E-state index contributed by atoms with van der Waals surface area (Å²) in [6, 6.07) is 91.2. The van der Waals surface area contributed by atoms with E-state index in [4.69, 9.17) is 4.98 Å². The van der Waals surface area contributed by atoms with E-state index < -0.39 is 0 Å². The van der Waals surface area contributed by atoms with Crippen molar-refractivity contribution >= 4 is 38.3 Å². The lowest BCUT2D eigenvalue weighted by molar-refractivity contribution is 0.960. The van der Waals surface area contributed by atoms with Crippen molar-refractivity contribution < 1.29 is 0 Å². The fraction of sp³-hybridized carbons (Fsp3) is 0.0290. The summed E-state index contributed by atoms with van der Waals surface area (Å²) >= 11 is 0. The van der Waals surface area contributed by atoms with Crippen LogP contribution in [0.4, 0.5) is 0 Å². The molecule has 334 valence electrons. The van der Waals surface area contributed by atoms with Gasteiger partial charge in [0.05, 0.1) is 11.0 Å². The zero-order valence-electron chi connectivity index (χ0n) is 39.2. The molecule has 71 heavy (non-hydrogen) atoms. The molecule has 11 aromatic carbocycles.